The number of hydrogen-bond acceptors (Lipinski definition) is 2. The Morgan fingerprint density at radius 2 is 1.52 bits per heavy atom. The maximum atomic E-state index is 8.67. The molecule has 1 rings (SSSR count). The molecular weight excluding hydrogens is 277 g/mol. The maximum Gasteiger partial charge on any atom is 0.131 e. The lowest BCUT2D eigenvalue weighted by Gasteiger charge is -2.39. The lowest BCUT2D eigenvalue weighted by Crippen LogP contribution is -2.36. The number of rotatable bonds is 7. The topological polar surface area (TPSA) is 30.3 Å². The lowest BCUT2D eigenvalue weighted by atomic mass is 10.2. The molecule has 0 heterocycles. The van der Waals surface area contributed by atoms with Crippen molar-refractivity contribution in [1.82, 2.24) is 9.57 Å². The predicted octanol–water partition coefficient (Wildman–Crippen LogP) is 4.09. The van der Waals surface area contributed by atoms with Crippen molar-refractivity contribution in [2.75, 3.05) is 27.2 Å². The third-order valence-electron chi connectivity index (χ3n) is 3.40. The van der Waals surface area contributed by atoms with Crippen LogP contribution in [0, 0.1) is 5.41 Å². The van der Waals surface area contributed by atoms with E-state index in [0.29, 0.717) is 17.2 Å². The molecule has 0 aliphatic rings. The molecule has 0 spiro atoms. The Hall–Kier alpha value is -0.920. The van der Waals surface area contributed by atoms with Gasteiger partial charge in [0.2, 0.25) is 0 Å². The van der Waals surface area contributed by atoms with Crippen LogP contribution in [0.5, 0.6) is 0 Å². The second kappa shape index (κ2) is 8.51. The minimum atomic E-state index is -0.354. The Balaban J connectivity index is 3.03. The lowest BCUT2D eigenvalue weighted by molar-refractivity contribution is 0.385. The van der Waals surface area contributed by atoms with Crippen molar-refractivity contribution in [3.05, 3.63) is 35.9 Å². The van der Waals surface area contributed by atoms with Gasteiger partial charge in [0.05, 0.1) is 0 Å². The summed E-state index contributed by atoms with van der Waals surface area (Å²) in [5, 5.41) is 8.67. The molecule has 0 saturated heterocycles. The Kier molecular flexibility index (Phi) is 7.34. The maximum absolute atomic E-state index is 8.67. The Bertz CT molecular complexity index is 421. The van der Waals surface area contributed by atoms with Gasteiger partial charge in [0.1, 0.15) is 5.84 Å². The van der Waals surface area contributed by atoms with Gasteiger partial charge < -0.3 is 9.57 Å². The molecule has 0 atom stereocenters. The minimum Gasteiger partial charge on any atom is -0.334 e. The van der Waals surface area contributed by atoms with E-state index in [1.807, 2.05) is 30.3 Å². The first-order chi connectivity index (χ1) is 9.84. The molecule has 0 bridgehead atoms. The normalized spacial score (nSPS) is 11.7. The first-order valence-corrected chi connectivity index (χ1v) is 9.12. The summed E-state index contributed by atoms with van der Waals surface area (Å²) in [5.41, 5.74) is 2.20. The van der Waals surface area contributed by atoms with Gasteiger partial charge in [0.15, 0.2) is 0 Å². The second-order valence-corrected chi connectivity index (χ2v) is 9.52. The molecule has 118 valence electrons. The highest BCUT2D eigenvalue weighted by atomic mass is 31.1. The van der Waals surface area contributed by atoms with Gasteiger partial charge in [-0.3, -0.25) is 5.41 Å². The third kappa shape index (κ3) is 5.41. The van der Waals surface area contributed by atoms with E-state index in [9.17, 15) is 0 Å². The molecule has 1 aromatic rings. The molecule has 0 saturated carbocycles. The van der Waals surface area contributed by atoms with E-state index in [2.05, 4.69) is 51.4 Å². The summed E-state index contributed by atoms with van der Waals surface area (Å²) in [6, 6.07) is 10.1. The van der Waals surface area contributed by atoms with E-state index in [0.717, 1.165) is 18.7 Å². The molecule has 0 radical (unpaired) electrons. The zero-order chi connectivity index (χ0) is 16.0. The van der Waals surface area contributed by atoms with E-state index in [4.69, 9.17) is 5.41 Å². The molecule has 0 amide bonds. The molecule has 4 heteroatoms. The number of amidine groups is 1. The summed E-state index contributed by atoms with van der Waals surface area (Å²) in [7, 11) is 3.84. The van der Waals surface area contributed by atoms with Gasteiger partial charge in [-0.1, -0.05) is 58.0 Å². The van der Waals surface area contributed by atoms with E-state index in [-0.39, 0.29) is 8.07 Å². The van der Waals surface area contributed by atoms with Crippen LogP contribution in [0.3, 0.4) is 0 Å². The van der Waals surface area contributed by atoms with Crippen molar-refractivity contribution in [3.8, 4) is 0 Å². The van der Waals surface area contributed by atoms with Crippen molar-refractivity contribution in [2.45, 2.75) is 39.0 Å². The molecular formula is C17H30N3P. The Morgan fingerprint density at radius 3 is 1.95 bits per heavy atom. The number of likely N-dealkylation sites (N-methyl/N-ethyl adjacent to an activating group) is 1. The average molecular weight is 307 g/mol. The first-order valence-electron chi connectivity index (χ1n) is 7.69. The third-order valence-corrected chi connectivity index (χ3v) is 6.48. The standard InChI is InChI=1S/C17H30N3P/c1-14(2)21(15(3)4)20(13-12-19(5)6)17(18)16-10-8-7-9-11-16/h7-11,14-15,18H,12-13H2,1-6H3. The molecule has 0 aliphatic carbocycles. The van der Waals surface area contributed by atoms with Gasteiger partial charge in [-0.05, 0) is 33.5 Å². The van der Waals surface area contributed by atoms with Crippen LogP contribution in [0.15, 0.2) is 30.3 Å². The predicted molar refractivity (Wildman–Crippen MR) is 95.7 cm³/mol. The van der Waals surface area contributed by atoms with Crippen molar-refractivity contribution < 1.29 is 0 Å². The monoisotopic (exact) mass is 307 g/mol. The number of nitrogens with one attached hydrogen (secondary N) is 1. The van der Waals surface area contributed by atoms with Crippen LogP contribution in [0.1, 0.15) is 33.3 Å². The van der Waals surface area contributed by atoms with Crippen LogP contribution >= 0.6 is 8.07 Å². The molecule has 3 nitrogen and oxygen atoms in total. The smallest absolute Gasteiger partial charge is 0.131 e. The second-order valence-electron chi connectivity index (χ2n) is 6.21. The van der Waals surface area contributed by atoms with Crippen LogP contribution in [0.4, 0.5) is 0 Å². The van der Waals surface area contributed by atoms with E-state index >= 15 is 0 Å². The average Bonchev–Trinajstić information content (AvgIpc) is 2.42. The van der Waals surface area contributed by atoms with Crippen molar-refractivity contribution >= 4 is 13.9 Å². The van der Waals surface area contributed by atoms with Crippen molar-refractivity contribution in [3.63, 3.8) is 0 Å². The fraction of sp³-hybridized carbons (Fsp3) is 0.588. The highest BCUT2D eigenvalue weighted by Crippen LogP contribution is 2.50. The summed E-state index contributed by atoms with van der Waals surface area (Å²) in [5.74, 6) is 0.672. The van der Waals surface area contributed by atoms with Crippen LogP contribution in [0.2, 0.25) is 0 Å². The Morgan fingerprint density at radius 1 is 1.00 bits per heavy atom. The van der Waals surface area contributed by atoms with E-state index in [1.165, 1.54) is 0 Å². The van der Waals surface area contributed by atoms with Crippen LogP contribution in [-0.4, -0.2) is 53.9 Å². The SMILES string of the molecule is CC(C)P(C(C)C)N(CCN(C)C)C(=N)c1ccccc1. The van der Waals surface area contributed by atoms with Gasteiger partial charge in [-0.25, -0.2) is 0 Å². The summed E-state index contributed by atoms with van der Waals surface area (Å²) in [4.78, 5) is 2.19. The highest BCUT2D eigenvalue weighted by Gasteiger charge is 2.27. The molecule has 0 aromatic heterocycles. The molecule has 21 heavy (non-hydrogen) atoms. The number of benzene rings is 1. The molecule has 1 N–H and O–H groups in total. The zero-order valence-electron chi connectivity index (χ0n) is 14.3. The number of hydrogen-bond donors (Lipinski definition) is 1. The summed E-state index contributed by atoms with van der Waals surface area (Å²) >= 11 is 0. The van der Waals surface area contributed by atoms with Crippen LogP contribution < -0.4 is 0 Å². The van der Waals surface area contributed by atoms with Gasteiger partial charge in [0.25, 0.3) is 0 Å². The highest BCUT2D eigenvalue weighted by molar-refractivity contribution is 7.57. The molecule has 1 aromatic carbocycles. The van der Waals surface area contributed by atoms with E-state index in [1.54, 1.807) is 0 Å². The fourth-order valence-corrected chi connectivity index (χ4v) is 5.51. The summed E-state index contributed by atoms with van der Waals surface area (Å²) < 4.78 is 2.35. The van der Waals surface area contributed by atoms with Crippen LogP contribution in [-0.2, 0) is 0 Å². The van der Waals surface area contributed by atoms with E-state index < -0.39 is 0 Å². The minimum absolute atomic E-state index is 0.354. The zero-order valence-corrected chi connectivity index (χ0v) is 15.2. The molecule has 0 fully saturated rings. The van der Waals surface area contributed by atoms with Gasteiger partial charge in [0, 0.05) is 18.7 Å². The quantitative estimate of drug-likeness (QED) is 0.467. The van der Waals surface area contributed by atoms with Crippen molar-refractivity contribution in [1.29, 1.82) is 5.41 Å². The van der Waals surface area contributed by atoms with Gasteiger partial charge in [-0.15, -0.1) is 0 Å². The van der Waals surface area contributed by atoms with Crippen LogP contribution in [0.25, 0.3) is 0 Å². The Labute approximate surface area is 131 Å². The molecule has 0 unspecified atom stereocenters. The first kappa shape index (κ1) is 18.1. The van der Waals surface area contributed by atoms with Gasteiger partial charge >= 0.3 is 0 Å². The largest absolute Gasteiger partial charge is 0.334 e. The number of nitrogens with zero attached hydrogens (tertiary/aromatic N) is 2. The molecule has 0 aliphatic heterocycles. The fourth-order valence-electron chi connectivity index (χ4n) is 2.54. The summed E-state index contributed by atoms with van der Waals surface area (Å²) in [6.45, 7) is 11.0. The van der Waals surface area contributed by atoms with Gasteiger partial charge in [-0.2, -0.15) is 0 Å². The van der Waals surface area contributed by atoms with Crippen molar-refractivity contribution in [2.24, 2.45) is 0 Å². The summed E-state index contributed by atoms with van der Waals surface area (Å²) in [6.07, 6.45) is 0.